The van der Waals surface area contributed by atoms with Gasteiger partial charge in [0.25, 0.3) is 5.91 Å². The molecule has 8 heteroatoms. The van der Waals surface area contributed by atoms with Gasteiger partial charge in [-0.1, -0.05) is 65.9 Å². The molecule has 5 rings (SSSR count). The van der Waals surface area contributed by atoms with Gasteiger partial charge in [0.15, 0.2) is 22.5 Å². The minimum Gasteiger partial charge on any atom is -0.454 e. The van der Waals surface area contributed by atoms with Crippen LogP contribution in [0.15, 0.2) is 84.5 Å². The maximum absolute atomic E-state index is 12.6. The molecular formula is C28H26N4O3S. The maximum Gasteiger partial charge on any atom is 0.251 e. The van der Waals surface area contributed by atoms with E-state index >= 15 is 0 Å². The second-order valence-electron chi connectivity index (χ2n) is 8.43. The van der Waals surface area contributed by atoms with Crippen LogP contribution in [0.3, 0.4) is 0 Å². The molecular weight excluding hydrogens is 472 g/mol. The fourth-order valence-electron chi connectivity index (χ4n) is 3.84. The van der Waals surface area contributed by atoms with Crippen LogP contribution in [-0.2, 0) is 18.8 Å². The lowest BCUT2D eigenvalue weighted by Gasteiger charge is -2.09. The number of carbonyl (C=O) groups is 1. The van der Waals surface area contributed by atoms with Crippen molar-refractivity contribution in [3.8, 4) is 22.9 Å². The van der Waals surface area contributed by atoms with E-state index in [1.54, 1.807) is 11.8 Å². The zero-order chi connectivity index (χ0) is 24.9. The summed E-state index contributed by atoms with van der Waals surface area (Å²) in [6.07, 6.45) is 1.85. The lowest BCUT2D eigenvalue weighted by molar-refractivity contribution is 0.0951. The van der Waals surface area contributed by atoms with Crippen LogP contribution in [0.25, 0.3) is 11.4 Å². The number of ether oxygens (including phenoxy) is 2. The normalized spacial score (nSPS) is 11.9. The molecule has 0 spiro atoms. The Labute approximate surface area is 214 Å². The van der Waals surface area contributed by atoms with Crippen LogP contribution in [0.5, 0.6) is 11.5 Å². The molecule has 1 amide bonds. The van der Waals surface area contributed by atoms with Crippen molar-refractivity contribution in [2.75, 3.05) is 6.79 Å². The molecule has 3 aromatic carbocycles. The number of hydrogen-bond donors (Lipinski definition) is 1. The number of nitrogens with zero attached hydrogens (tertiary/aromatic N) is 3. The van der Waals surface area contributed by atoms with Crippen molar-refractivity contribution >= 4 is 17.7 Å². The van der Waals surface area contributed by atoms with Gasteiger partial charge in [-0.2, -0.15) is 0 Å². The Balaban J connectivity index is 1.20. The highest BCUT2D eigenvalue weighted by atomic mass is 32.2. The first-order chi connectivity index (χ1) is 17.6. The van der Waals surface area contributed by atoms with Gasteiger partial charge in [-0.05, 0) is 42.3 Å². The Morgan fingerprint density at radius 1 is 1.03 bits per heavy atom. The predicted molar refractivity (Wildman–Crippen MR) is 140 cm³/mol. The molecule has 0 atom stereocenters. The van der Waals surface area contributed by atoms with E-state index in [4.69, 9.17) is 9.47 Å². The number of rotatable bonds is 9. The molecule has 2 heterocycles. The minimum atomic E-state index is -0.125. The van der Waals surface area contributed by atoms with Gasteiger partial charge in [0.1, 0.15) is 0 Å². The van der Waals surface area contributed by atoms with Crippen molar-refractivity contribution in [1.29, 1.82) is 0 Å². The van der Waals surface area contributed by atoms with Gasteiger partial charge in [-0.15, -0.1) is 16.8 Å². The Morgan fingerprint density at radius 3 is 2.56 bits per heavy atom. The molecule has 0 fully saturated rings. The number of thioether (sulfide) groups is 1. The molecule has 1 aliphatic heterocycles. The Hall–Kier alpha value is -4.04. The van der Waals surface area contributed by atoms with E-state index in [0.717, 1.165) is 33.4 Å². The number of nitrogens with one attached hydrogen (secondary N) is 1. The first kappa shape index (κ1) is 23.7. The van der Waals surface area contributed by atoms with E-state index in [1.165, 1.54) is 5.56 Å². The number of aromatic nitrogens is 3. The molecule has 0 bridgehead atoms. The van der Waals surface area contributed by atoms with Crippen molar-refractivity contribution in [1.82, 2.24) is 20.1 Å². The van der Waals surface area contributed by atoms with Crippen molar-refractivity contribution in [3.05, 3.63) is 102 Å². The highest BCUT2D eigenvalue weighted by molar-refractivity contribution is 7.98. The van der Waals surface area contributed by atoms with E-state index in [9.17, 15) is 4.79 Å². The molecule has 0 aliphatic carbocycles. The zero-order valence-corrected chi connectivity index (χ0v) is 20.8. The van der Waals surface area contributed by atoms with E-state index in [2.05, 4.69) is 57.8 Å². The smallest absolute Gasteiger partial charge is 0.251 e. The van der Waals surface area contributed by atoms with E-state index in [1.807, 2.05) is 48.5 Å². The average Bonchev–Trinajstić information content (AvgIpc) is 3.54. The Morgan fingerprint density at radius 2 is 1.78 bits per heavy atom. The predicted octanol–water partition coefficient (Wildman–Crippen LogP) is 5.39. The summed E-state index contributed by atoms with van der Waals surface area (Å²) in [5.74, 6) is 2.85. The van der Waals surface area contributed by atoms with Crippen LogP contribution in [0.2, 0.25) is 0 Å². The van der Waals surface area contributed by atoms with E-state index in [0.29, 0.717) is 30.2 Å². The number of amides is 1. The Kier molecular flexibility index (Phi) is 7.04. The van der Waals surface area contributed by atoms with E-state index in [-0.39, 0.29) is 12.7 Å². The summed E-state index contributed by atoms with van der Waals surface area (Å²) in [7, 11) is 0. The standard InChI is InChI=1S/C28H26N4O3S/c1-3-14-32-26(22-9-4-19(2)5-10-22)30-31-28(32)36-17-20-6-11-23(12-7-20)27(33)29-16-21-8-13-24-25(15-21)35-18-34-24/h3-13,15H,1,14,16-18H2,2H3,(H,29,33). The monoisotopic (exact) mass is 498 g/mol. The minimum absolute atomic E-state index is 0.125. The third-order valence-electron chi connectivity index (χ3n) is 5.81. The number of aryl methyl sites for hydroxylation is 1. The van der Waals surface area contributed by atoms with Crippen molar-refractivity contribution < 1.29 is 14.3 Å². The third-order valence-corrected chi connectivity index (χ3v) is 6.85. The summed E-state index contributed by atoms with van der Waals surface area (Å²) in [6.45, 7) is 7.22. The summed E-state index contributed by atoms with van der Waals surface area (Å²) in [4.78, 5) is 12.6. The second-order valence-corrected chi connectivity index (χ2v) is 9.37. The van der Waals surface area contributed by atoms with Gasteiger partial charge in [0, 0.05) is 30.0 Å². The highest BCUT2D eigenvalue weighted by Gasteiger charge is 2.15. The number of fused-ring (bicyclic) bond motifs is 1. The summed E-state index contributed by atoms with van der Waals surface area (Å²) >= 11 is 1.61. The van der Waals surface area contributed by atoms with Crippen LogP contribution in [-0.4, -0.2) is 27.5 Å². The first-order valence-corrected chi connectivity index (χ1v) is 12.6. The maximum atomic E-state index is 12.6. The van der Waals surface area contributed by atoms with Crippen molar-refractivity contribution in [3.63, 3.8) is 0 Å². The fourth-order valence-corrected chi connectivity index (χ4v) is 4.74. The molecule has 0 unspecified atom stereocenters. The molecule has 1 aliphatic rings. The molecule has 0 saturated carbocycles. The van der Waals surface area contributed by atoms with Crippen LogP contribution in [0.1, 0.15) is 27.0 Å². The lowest BCUT2D eigenvalue weighted by Crippen LogP contribution is -2.22. The quantitative estimate of drug-likeness (QED) is 0.246. The topological polar surface area (TPSA) is 78.3 Å². The number of benzene rings is 3. The summed E-state index contributed by atoms with van der Waals surface area (Å²) in [5.41, 5.74) is 4.89. The van der Waals surface area contributed by atoms with Crippen LogP contribution >= 0.6 is 11.8 Å². The van der Waals surface area contributed by atoms with Gasteiger partial charge in [0.05, 0.1) is 0 Å². The van der Waals surface area contributed by atoms with Gasteiger partial charge >= 0.3 is 0 Å². The fraction of sp³-hybridized carbons (Fsp3) is 0.179. The van der Waals surface area contributed by atoms with Crippen LogP contribution < -0.4 is 14.8 Å². The molecule has 182 valence electrons. The molecule has 4 aromatic rings. The van der Waals surface area contributed by atoms with Crippen molar-refractivity contribution in [2.24, 2.45) is 0 Å². The number of hydrogen-bond acceptors (Lipinski definition) is 6. The highest BCUT2D eigenvalue weighted by Crippen LogP contribution is 2.32. The molecule has 1 N–H and O–H groups in total. The zero-order valence-electron chi connectivity index (χ0n) is 19.9. The van der Waals surface area contributed by atoms with E-state index < -0.39 is 0 Å². The van der Waals surface area contributed by atoms with Gasteiger partial charge in [-0.25, -0.2) is 0 Å². The average molecular weight is 499 g/mol. The Bertz CT molecular complexity index is 1380. The number of carbonyl (C=O) groups excluding carboxylic acids is 1. The van der Waals surface area contributed by atoms with Crippen LogP contribution in [0.4, 0.5) is 0 Å². The van der Waals surface area contributed by atoms with Gasteiger partial charge < -0.3 is 14.8 Å². The lowest BCUT2D eigenvalue weighted by atomic mass is 10.1. The van der Waals surface area contributed by atoms with Crippen LogP contribution in [0, 0.1) is 6.92 Å². The molecule has 0 radical (unpaired) electrons. The second kappa shape index (κ2) is 10.7. The molecule has 1 aromatic heterocycles. The summed E-state index contributed by atoms with van der Waals surface area (Å²) in [6, 6.07) is 21.6. The molecule has 7 nitrogen and oxygen atoms in total. The summed E-state index contributed by atoms with van der Waals surface area (Å²) < 4.78 is 12.8. The number of allylic oxidation sites excluding steroid dienone is 1. The largest absolute Gasteiger partial charge is 0.454 e. The SMILES string of the molecule is C=CCn1c(SCc2ccc(C(=O)NCc3ccc4c(c3)OCO4)cc2)nnc1-c1ccc(C)cc1. The van der Waals surface area contributed by atoms with Crippen molar-refractivity contribution in [2.45, 2.75) is 30.9 Å². The van der Waals surface area contributed by atoms with Gasteiger partial charge in [0.2, 0.25) is 6.79 Å². The molecule has 0 saturated heterocycles. The summed E-state index contributed by atoms with van der Waals surface area (Å²) in [5, 5.41) is 12.6. The third kappa shape index (κ3) is 5.28. The molecule has 36 heavy (non-hydrogen) atoms. The van der Waals surface area contributed by atoms with Gasteiger partial charge in [-0.3, -0.25) is 9.36 Å². The first-order valence-electron chi connectivity index (χ1n) is 11.6.